The van der Waals surface area contributed by atoms with Gasteiger partial charge in [-0.1, -0.05) is 0 Å². The molecular weight excluding hydrogens is 396 g/mol. The highest BCUT2D eigenvalue weighted by Crippen LogP contribution is 2.42. The topological polar surface area (TPSA) is 219 Å². The molecule has 1 atom stereocenters. The van der Waals surface area contributed by atoms with E-state index in [-0.39, 0.29) is 62.7 Å². The molecule has 1 aliphatic heterocycles. The molecule has 0 bridgehead atoms. The molecule has 0 radical (unpaired) electrons. The largest absolute Gasteiger partial charge is 0.358 e. The van der Waals surface area contributed by atoms with Gasteiger partial charge in [-0.15, -0.1) is 0 Å². The van der Waals surface area contributed by atoms with Gasteiger partial charge in [0.2, 0.25) is 0 Å². The van der Waals surface area contributed by atoms with Crippen molar-refractivity contribution in [1.29, 1.82) is 31.6 Å². The van der Waals surface area contributed by atoms with E-state index in [0.29, 0.717) is 0 Å². The van der Waals surface area contributed by atoms with Crippen LogP contribution in [0.2, 0.25) is 0 Å². The molecule has 12 heteroatoms. The van der Waals surface area contributed by atoms with Crippen LogP contribution in [0.3, 0.4) is 0 Å². The number of rotatable bonds is 0. The van der Waals surface area contributed by atoms with Crippen LogP contribution in [0.25, 0.3) is 11.4 Å². The average Bonchev–Trinajstić information content (AvgIpc) is 2.81. The fourth-order valence-electron chi connectivity index (χ4n) is 3.30. The summed E-state index contributed by atoms with van der Waals surface area (Å²) in [5.74, 6) is 0. The van der Waals surface area contributed by atoms with Crippen LogP contribution in [0.1, 0.15) is 41.1 Å². The van der Waals surface area contributed by atoms with Crippen molar-refractivity contribution in [3.05, 3.63) is 45.6 Å². The number of hydrogen-bond acceptors (Lipinski definition) is 12. The van der Waals surface area contributed by atoms with Crippen LogP contribution in [0.15, 0.2) is 16.4 Å². The Morgan fingerprint density at radius 2 is 1.16 bits per heavy atom. The zero-order valence-corrected chi connectivity index (χ0v) is 15.4. The third-order valence-corrected chi connectivity index (χ3v) is 4.66. The Morgan fingerprint density at radius 3 is 1.68 bits per heavy atom. The lowest BCUT2D eigenvalue weighted by Gasteiger charge is -2.38. The molecule has 0 spiro atoms. The maximum absolute atomic E-state index is 9.44. The van der Waals surface area contributed by atoms with Crippen molar-refractivity contribution in [2.75, 3.05) is 0 Å². The number of allylic oxidation sites excluding steroid dienone is 2. The predicted molar refractivity (Wildman–Crippen MR) is 97.2 cm³/mol. The quantitative estimate of drug-likeness (QED) is 0.633. The first-order valence-corrected chi connectivity index (χ1v) is 8.33. The van der Waals surface area contributed by atoms with Crippen LogP contribution >= 0.6 is 0 Å². The second-order valence-electron chi connectivity index (χ2n) is 6.34. The summed E-state index contributed by atoms with van der Waals surface area (Å²) >= 11 is 0. The van der Waals surface area contributed by atoms with Gasteiger partial charge in [0.1, 0.15) is 70.4 Å². The molecule has 2 aromatic rings. The molecule has 0 saturated heterocycles. The van der Waals surface area contributed by atoms with E-state index in [1.165, 1.54) is 0 Å². The first-order valence-electron chi connectivity index (χ1n) is 8.33. The Bertz CT molecular complexity index is 1540. The second kappa shape index (κ2) is 6.43. The predicted octanol–water partition coefficient (Wildman–Crippen LogP) is 0.300. The van der Waals surface area contributed by atoms with Crippen molar-refractivity contribution in [3.63, 3.8) is 0 Å². The molecule has 3 heterocycles. The molecule has 0 saturated carbocycles. The summed E-state index contributed by atoms with van der Waals surface area (Å²) in [6.45, 7) is 1.58. The van der Waals surface area contributed by atoms with Gasteiger partial charge >= 0.3 is 0 Å². The summed E-state index contributed by atoms with van der Waals surface area (Å²) in [7, 11) is 0. The van der Waals surface area contributed by atoms with Gasteiger partial charge in [-0.3, -0.25) is 0 Å². The molecule has 0 unspecified atom stereocenters. The van der Waals surface area contributed by atoms with Crippen molar-refractivity contribution in [2.24, 2.45) is 4.99 Å². The summed E-state index contributed by atoms with van der Waals surface area (Å²) in [5, 5.41) is 59.2. The highest BCUT2D eigenvalue weighted by atomic mass is 15.1. The van der Waals surface area contributed by atoms with Gasteiger partial charge in [0.15, 0.2) is 34.2 Å². The molecule has 1 N–H and O–H groups in total. The molecule has 31 heavy (non-hydrogen) atoms. The van der Waals surface area contributed by atoms with Crippen LogP contribution in [0.5, 0.6) is 0 Å². The molecule has 140 valence electrons. The number of nitriles is 6. The molecule has 2 aliphatic rings. The number of fused-ring (bicyclic) bond motifs is 6. The van der Waals surface area contributed by atoms with Gasteiger partial charge in [-0.05, 0) is 6.92 Å². The zero-order valence-electron chi connectivity index (χ0n) is 15.4. The number of nitrogens with zero attached hydrogens (tertiary/aromatic N) is 11. The molecule has 12 nitrogen and oxygen atoms in total. The van der Waals surface area contributed by atoms with Crippen LogP contribution < -0.4 is 5.32 Å². The summed E-state index contributed by atoms with van der Waals surface area (Å²) in [5.41, 5.74) is -2.58. The van der Waals surface area contributed by atoms with E-state index in [1.54, 1.807) is 31.2 Å². The number of nitrogens with one attached hydrogen (secondary N) is 1. The molecule has 0 fully saturated rings. The first kappa shape index (κ1) is 18.7. The summed E-state index contributed by atoms with van der Waals surface area (Å²) < 4.78 is 0. The van der Waals surface area contributed by atoms with Gasteiger partial charge in [-0.25, -0.2) is 24.9 Å². The number of aromatic nitrogens is 4. The summed E-state index contributed by atoms with van der Waals surface area (Å²) in [6, 6.07) is 10.8. The van der Waals surface area contributed by atoms with Crippen molar-refractivity contribution >= 4 is 5.71 Å². The van der Waals surface area contributed by atoms with Crippen LogP contribution in [0.4, 0.5) is 0 Å². The van der Waals surface area contributed by atoms with Crippen molar-refractivity contribution in [2.45, 2.75) is 12.5 Å². The normalized spacial score (nSPS) is 17.5. The Kier molecular flexibility index (Phi) is 3.87. The van der Waals surface area contributed by atoms with Crippen LogP contribution in [-0.2, 0) is 5.54 Å². The van der Waals surface area contributed by atoms with Crippen molar-refractivity contribution in [3.8, 4) is 47.8 Å². The van der Waals surface area contributed by atoms with Crippen molar-refractivity contribution in [1.82, 2.24) is 25.3 Å². The third kappa shape index (κ3) is 2.38. The fourth-order valence-corrected chi connectivity index (χ4v) is 3.30. The molecule has 2 aromatic heterocycles. The molecule has 4 rings (SSSR count). The molecule has 0 aromatic carbocycles. The fraction of sp³-hybridized carbons (Fsp3) is 0.105. The number of aliphatic imine (C=N–C) groups is 1. The molecular formula is C19H4N12. The zero-order chi connectivity index (χ0) is 22.3. The third-order valence-electron chi connectivity index (χ3n) is 4.66. The Morgan fingerprint density at radius 1 is 0.645 bits per heavy atom. The van der Waals surface area contributed by atoms with E-state index in [0.717, 1.165) is 0 Å². The van der Waals surface area contributed by atoms with Gasteiger partial charge in [-0.2, -0.15) is 31.6 Å². The van der Waals surface area contributed by atoms with E-state index in [1.807, 2.05) is 12.1 Å². The standard InChI is InChI=1S/C19H4N12/c1-19-17-15(28-10(4-22)11(5-23)29-17)14-16(27-9(3-21)8(2-20)26-14)18(19)30-12(6-24)13(7-25)31-19/h31H,1H3/t19-/m0/s1. The van der Waals surface area contributed by atoms with Gasteiger partial charge in [0.05, 0.1) is 0 Å². The highest BCUT2D eigenvalue weighted by molar-refractivity contribution is 6.14. The molecule has 0 amide bonds. The van der Waals surface area contributed by atoms with E-state index in [9.17, 15) is 31.6 Å². The van der Waals surface area contributed by atoms with Gasteiger partial charge in [0, 0.05) is 0 Å². The van der Waals surface area contributed by atoms with Gasteiger partial charge in [0.25, 0.3) is 0 Å². The summed E-state index contributed by atoms with van der Waals surface area (Å²) in [6.07, 6.45) is 0. The first-order chi connectivity index (χ1) is 14.9. The van der Waals surface area contributed by atoms with E-state index in [4.69, 9.17) is 0 Å². The lowest BCUT2D eigenvalue weighted by Crippen LogP contribution is -2.52. The van der Waals surface area contributed by atoms with Crippen LogP contribution in [-0.4, -0.2) is 25.6 Å². The Balaban J connectivity index is 2.21. The minimum atomic E-state index is -1.39. The summed E-state index contributed by atoms with van der Waals surface area (Å²) in [4.78, 5) is 21.1. The lowest BCUT2D eigenvalue weighted by molar-refractivity contribution is 0.520. The van der Waals surface area contributed by atoms with E-state index < -0.39 is 5.54 Å². The van der Waals surface area contributed by atoms with Crippen LogP contribution in [0, 0.1) is 68.0 Å². The lowest BCUT2D eigenvalue weighted by atomic mass is 9.79. The maximum atomic E-state index is 9.44. The number of hydrogen-bond donors (Lipinski definition) is 1. The SMILES string of the molecule is C[C@@]12NC(C#N)=C(C#N)N=C1c1nc(C#N)c(C#N)nc1-c1nc(C#N)c(C#N)nc12. The average molecular weight is 400 g/mol. The highest BCUT2D eigenvalue weighted by Gasteiger charge is 2.48. The van der Waals surface area contributed by atoms with E-state index in [2.05, 4.69) is 30.2 Å². The monoisotopic (exact) mass is 400 g/mol. The minimum Gasteiger partial charge on any atom is -0.358 e. The smallest absolute Gasteiger partial charge is 0.177 e. The Hall–Kier alpha value is -5.69. The van der Waals surface area contributed by atoms with E-state index >= 15 is 0 Å². The minimum absolute atomic E-state index is 0.00904. The Labute approximate surface area is 173 Å². The second-order valence-corrected chi connectivity index (χ2v) is 6.34. The molecule has 1 aliphatic carbocycles. The van der Waals surface area contributed by atoms with Crippen molar-refractivity contribution < 1.29 is 0 Å². The maximum Gasteiger partial charge on any atom is 0.177 e. The van der Waals surface area contributed by atoms with Gasteiger partial charge < -0.3 is 5.32 Å².